The van der Waals surface area contributed by atoms with Gasteiger partial charge in [-0.1, -0.05) is 24.3 Å². The molecular weight excluding hydrogens is 306 g/mol. The van der Waals surface area contributed by atoms with E-state index in [-0.39, 0.29) is 11.7 Å². The number of rotatable bonds is 6. The summed E-state index contributed by atoms with van der Waals surface area (Å²) in [7, 11) is 1.57. The average molecular weight is 325 g/mol. The van der Waals surface area contributed by atoms with Crippen molar-refractivity contribution in [3.63, 3.8) is 0 Å². The third-order valence-electron chi connectivity index (χ3n) is 3.61. The summed E-state index contributed by atoms with van der Waals surface area (Å²) >= 11 is 0. The molecule has 0 aliphatic rings. The van der Waals surface area contributed by atoms with Gasteiger partial charge >= 0.3 is 0 Å². The van der Waals surface area contributed by atoms with Crippen molar-refractivity contribution in [3.8, 4) is 11.5 Å². The Morgan fingerprint density at radius 3 is 2.79 bits per heavy atom. The predicted octanol–water partition coefficient (Wildman–Crippen LogP) is 3.77. The van der Waals surface area contributed by atoms with Crippen LogP contribution in [0, 0.1) is 0 Å². The number of methoxy groups -OCH3 is 1. The number of fused-ring (bicyclic) bond motifs is 1. The van der Waals surface area contributed by atoms with Gasteiger partial charge in [-0.25, -0.2) is 0 Å². The maximum atomic E-state index is 12.3. The van der Waals surface area contributed by atoms with E-state index in [9.17, 15) is 4.79 Å². The van der Waals surface area contributed by atoms with E-state index in [4.69, 9.17) is 13.9 Å². The normalized spacial score (nSPS) is 10.6. The molecule has 0 saturated carbocycles. The van der Waals surface area contributed by atoms with E-state index in [1.165, 1.54) is 0 Å². The van der Waals surface area contributed by atoms with Gasteiger partial charge in [-0.3, -0.25) is 4.79 Å². The molecule has 0 spiro atoms. The van der Waals surface area contributed by atoms with Crippen molar-refractivity contribution < 1.29 is 18.7 Å². The zero-order chi connectivity index (χ0) is 16.9. The molecule has 1 N–H and O–H groups in total. The number of furan rings is 1. The van der Waals surface area contributed by atoms with E-state index >= 15 is 0 Å². The second-order valence-electron chi connectivity index (χ2n) is 5.25. The largest absolute Gasteiger partial charge is 0.494 e. The van der Waals surface area contributed by atoms with Gasteiger partial charge in [-0.05, 0) is 36.8 Å². The molecule has 2 aromatic carbocycles. The van der Waals surface area contributed by atoms with Gasteiger partial charge in [0.25, 0.3) is 5.91 Å². The molecule has 0 unspecified atom stereocenters. The molecular formula is C19H19NO4. The lowest BCUT2D eigenvalue weighted by atomic mass is 10.2. The molecule has 0 aliphatic heterocycles. The van der Waals surface area contributed by atoms with Crippen molar-refractivity contribution in [2.24, 2.45) is 0 Å². The molecule has 24 heavy (non-hydrogen) atoms. The lowest BCUT2D eigenvalue weighted by Crippen LogP contribution is -2.22. The van der Waals surface area contributed by atoms with Crippen LogP contribution in [0.2, 0.25) is 0 Å². The first kappa shape index (κ1) is 15.9. The van der Waals surface area contributed by atoms with Gasteiger partial charge in [-0.2, -0.15) is 0 Å². The standard InChI is InChI=1S/C19H19NO4/c1-3-23-15-8-4-6-13(10-15)12-20-19(21)17-11-14-7-5-9-16(22-2)18(14)24-17/h4-11H,3,12H2,1-2H3,(H,20,21). The Balaban J connectivity index is 1.72. The molecule has 0 atom stereocenters. The maximum Gasteiger partial charge on any atom is 0.287 e. The third-order valence-corrected chi connectivity index (χ3v) is 3.61. The van der Waals surface area contributed by atoms with Crippen LogP contribution >= 0.6 is 0 Å². The SMILES string of the molecule is CCOc1cccc(CNC(=O)c2cc3cccc(OC)c3o2)c1. The lowest BCUT2D eigenvalue weighted by Gasteiger charge is -2.07. The highest BCUT2D eigenvalue weighted by molar-refractivity contribution is 5.97. The van der Waals surface area contributed by atoms with Crippen molar-refractivity contribution in [3.05, 3.63) is 59.9 Å². The highest BCUT2D eigenvalue weighted by Gasteiger charge is 2.14. The quantitative estimate of drug-likeness (QED) is 0.749. The van der Waals surface area contributed by atoms with Gasteiger partial charge in [0, 0.05) is 11.9 Å². The van der Waals surface area contributed by atoms with Crippen LogP contribution in [0.3, 0.4) is 0 Å². The van der Waals surface area contributed by atoms with Gasteiger partial charge in [0.1, 0.15) is 5.75 Å². The molecule has 3 aromatic rings. The Labute approximate surface area is 140 Å². The minimum absolute atomic E-state index is 0.260. The van der Waals surface area contributed by atoms with E-state index < -0.39 is 0 Å². The van der Waals surface area contributed by atoms with Crippen LogP contribution in [-0.2, 0) is 6.54 Å². The summed E-state index contributed by atoms with van der Waals surface area (Å²) in [5, 5.41) is 3.69. The Hall–Kier alpha value is -2.95. The molecule has 5 nitrogen and oxygen atoms in total. The van der Waals surface area contributed by atoms with Crippen LogP contribution < -0.4 is 14.8 Å². The van der Waals surface area contributed by atoms with Crippen LogP contribution in [0.1, 0.15) is 23.0 Å². The number of carbonyl (C=O) groups is 1. The Morgan fingerprint density at radius 2 is 2.00 bits per heavy atom. The molecule has 1 amide bonds. The fourth-order valence-electron chi connectivity index (χ4n) is 2.49. The number of ether oxygens (including phenoxy) is 2. The lowest BCUT2D eigenvalue weighted by molar-refractivity contribution is 0.0925. The van der Waals surface area contributed by atoms with E-state index in [0.717, 1.165) is 16.7 Å². The van der Waals surface area contributed by atoms with Crippen LogP contribution in [0.25, 0.3) is 11.0 Å². The number of benzene rings is 2. The molecule has 0 saturated heterocycles. The molecule has 0 radical (unpaired) electrons. The number of carbonyl (C=O) groups excluding carboxylic acids is 1. The summed E-state index contributed by atoms with van der Waals surface area (Å²) < 4.78 is 16.3. The number of nitrogens with one attached hydrogen (secondary N) is 1. The van der Waals surface area contributed by atoms with E-state index in [0.29, 0.717) is 24.5 Å². The average Bonchev–Trinajstić information content (AvgIpc) is 3.04. The molecule has 0 aliphatic carbocycles. The number of hydrogen-bond donors (Lipinski definition) is 1. The van der Waals surface area contributed by atoms with E-state index in [1.807, 2.05) is 43.3 Å². The highest BCUT2D eigenvalue weighted by Crippen LogP contribution is 2.28. The molecule has 1 heterocycles. The highest BCUT2D eigenvalue weighted by atomic mass is 16.5. The van der Waals surface area contributed by atoms with Crippen molar-refractivity contribution in [1.82, 2.24) is 5.32 Å². The summed E-state index contributed by atoms with van der Waals surface area (Å²) in [5.74, 6) is 1.39. The summed E-state index contributed by atoms with van der Waals surface area (Å²) in [4.78, 5) is 12.3. The Kier molecular flexibility index (Phi) is 4.70. The van der Waals surface area contributed by atoms with Crippen LogP contribution in [0.4, 0.5) is 0 Å². The fraction of sp³-hybridized carbons (Fsp3) is 0.211. The van der Waals surface area contributed by atoms with E-state index in [2.05, 4.69) is 5.32 Å². The third kappa shape index (κ3) is 3.35. The summed E-state index contributed by atoms with van der Waals surface area (Å²) in [6.45, 7) is 2.94. The van der Waals surface area contributed by atoms with Crippen molar-refractivity contribution in [1.29, 1.82) is 0 Å². The van der Waals surface area contributed by atoms with Crippen molar-refractivity contribution >= 4 is 16.9 Å². The first-order valence-corrected chi connectivity index (χ1v) is 7.77. The Bertz CT molecular complexity index is 853. The van der Waals surface area contributed by atoms with Gasteiger partial charge in [0.2, 0.25) is 0 Å². The molecule has 1 aromatic heterocycles. The van der Waals surface area contributed by atoms with Crippen LogP contribution in [0.5, 0.6) is 11.5 Å². The van der Waals surface area contributed by atoms with E-state index in [1.54, 1.807) is 19.2 Å². The fourth-order valence-corrected chi connectivity index (χ4v) is 2.49. The minimum atomic E-state index is -0.268. The van der Waals surface area contributed by atoms with Crippen molar-refractivity contribution in [2.75, 3.05) is 13.7 Å². The number of hydrogen-bond acceptors (Lipinski definition) is 4. The maximum absolute atomic E-state index is 12.3. The monoisotopic (exact) mass is 325 g/mol. The second-order valence-corrected chi connectivity index (χ2v) is 5.25. The Morgan fingerprint density at radius 1 is 1.17 bits per heavy atom. The summed E-state index contributed by atoms with van der Waals surface area (Å²) in [6, 6.07) is 14.9. The van der Waals surface area contributed by atoms with Crippen LogP contribution in [-0.4, -0.2) is 19.6 Å². The van der Waals surface area contributed by atoms with Gasteiger partial charge in [0.15, 0.2) is 17.1 Å². The van der Waals surface area contributed by atoms with Gasteiger partial charge in [0.05, 0.1) is 13.7 Å². The molecule has 3 rings (SSSR count). The summed E-state index contributed by atoms with van der Waals surface area (Å²) in [6.07, 6.45) is 0. The molecule has 0 fully saturated rings. The molecule has 0 bridgehead atoms. The number of amides is 1. The zero-order valence-electron chi connectivity index (χ0n) is 13.7. The second kappa shape index (κ2) is 7.08. The number of para-hydroxylation sites is 1. The first-order chi connectivity index (χ1) is 11.7. The minimum Gasteiger partial charge on any atom is -0.494 e. The zero-order valence-corrected chi connectivity index (χ0v) is 13.7. The van der Waals surface area contributed by atoms with Gasteiger partial charge in [-0.15, -0.1) is 0 Å². The van der Waals surface area contributed by atoms with Gasteiger partial charge < -0.3 is 19.2 Å². The van der Waals surface area contributed by atoms with Crippen LogP contribution in [0.15, 0.2) is 52.9 Å². The van der Waals surface area contributed by atoms with Crippen molar-refractivity contribution in [2.45, 2.75) is 13.5 Å². The predicted molar refractivity (Wildman–Crippen MR) is 91.5 cm³/mol. The molecule has 124 valence electrons. The topological polar surface area (TPSA) is 60.7 Å². The summed E-state index contributed by atoms with van der Waals surface area (Å²) in [5.41, 5.74) is 1.53. The first-order valence-electron chi connectivity index (χ1n) is 7.77. The molecule has 5 heteroatoms. The smallest absolute Gasteiger partial charge is 0.287 e.